The minimum absolute atomic E-state index is 0.296. The van der Waals surface area contributed by atoms with E-state index in [1.807, 2.05) is 19.2 Å². The number of halogens is 2. The summed E-state index contributed by atoms with van der Waals surface area (Å²) < 4.78 is 15.9. The Hall–Kier alpha value is -2.00. The molecule has 0 aliphatic heterocycles. The second kappa shape index (κ2) is 5.41. The van der Waals surface area contributed by atoms with Crippen LogP contribution in [0.3, 0.4) is 0 Å². The molecule has 0 bridgehead atoms. The van der Waals surface area contributed by atoms with Gasteiger partial charge in [0.2, 0.25) is 0 Å². The zero-order chi connectivity index (χ0) is 15.0. The Morgan fingerprint density at radius 3 is 2.71 bits per heavy atom. The molecule has 0 radical (unpaired) electrons. The van der Waals surface area contributed by atoms with Crippen molar-refractivity contribution in [3.8, 4) is 0 Å². The quantitative estimate of drug-likeness (QED) is 0.729. The molecule has 2 nitrogen and oxygen atoms in total. The predicted molar refractivity (Wildman–Crippen MR) is 86.4 cm³/mol. The first kappa shape index (κ1) is 14.0. The number of nitrogens with one attached hydrogen (secondary N) is 1. The Kier molecular flexibility index (Phi) is 3.60. The van der Waals surface area contributed by atoms with E-state index < -0.39 is 0 Å². The van der Waals surface area contributed by atoms with Crippen LogP contribution in [-0.2, 0) is 13.6 Å². The largest absolute Gasteiger partial charge is 0.377 e. The minimum Gasteiger partial charge on any atom is -0.377 e. The Balaban J connectivity index is 1.94. The second-order valence-corrected chi connectivity index (χ2v) is 5.56. The van der Waals surface area contributed by atoms with Crippen LogP contribution in [0.15, 0.2) is 42.5 Å². The van der Waals surface area contributed by atoms with Crippen LogP contribution in [-0.4, -0.2) is 4.57 Å². The van der Waals surface area contributed by atoms with Gasteiger partial charge in [-0.1, -0.05) is 29.8 Å². The van der Waals surface area contributed by atoms with Gasteiger partial charge in [0, 0.05) is 28.7 Å². The SMILES string of the molecule is Cc1c(CNc2cc(Cl)ccc2F)n(C)c2ccccc12. The van der Waals surface area contributed by atoms with Crippen LogP contribution in [0, 0.1) is 12.7 Å². The van der Waals surface area contributed by atoms with Crippen molar-refractivity contribution in [1.82, 2.24) is 4.57 Å². The maximum absolute atomic E-state index is 13.8. The maximum atomic E-state index is 13.8. The summed E-state index contributed by atoms with van der Waals surface area (Å²) in [4.78, 5) is 0. The van der Waals surface area contributed by atoms with E-state index >= 15 is 0 Å². The van der Waals surface area contributed by atoms with Gasteiger partial charge in [-0.15, -0.1) is 0 Å². The molecule has 0 aliphatic rings. The van der Waals surface area contributed by atoms with Crippen molar-refractivity contribution in [3.05, 3.63) is 64.6 Å². The summed E-state index contributed by atoms with van der Waals surface area (Å²) in [5.74, 6) is -0.296. The molecule has 1 aromatic heterocycles. The Morgan fingerprint density at radius 2 is 1.95 bits per heavy atom. The number of rotatable bonds is 3. The summed E-state index contributed by atoms with van der Waals surface area (Å²) in [6, 6.07) is 12.8. The van der Waals surface area contributed by atoms with E-state index in [9.17, 15) is 4.39 Å². The highest BCUT2D eigenvalue weighted by Gasteiger charge is 2.11. The molecule has 0 unspecified atom stereocenters. The molecule has 108 valence electrons. The fourth-order valence-corrected chi connectivity index (χ4v) is 2.87. The van der Waals surface area contributed by atoms with Crippen LogP contribution < -0.4 is 5.32 Å². The van der Waals surface area contributed by atoms with Crippen molar-refractivity contribution in [1.29, 1.82) is 0 Å². The number of anilines is 1. The van der Waals surface area contributed by atoms with E-state index in [4.69, 9.17) is 11.6 Å². The highest BCUT2D eigenvalue weighted by molar-refractivity contribution is 6.30. The molecule has 0 spiro atoms. The first-order chi connectivity index (χ1) is 10.1. The monoisotopic (exact) mass is 302 g/mol. The topological polar surface area (TPSA) is 17.0 Å². The van der Waals surface area contributed by atoms with Crippen molar-refractivity contribution in [2.75, 3.05) is 5.32 Å². The minimum atomic E-state index is -0.296. The van der Waals surface area contributed by atoms with Gasteiger partial charge in [0.05, 0.1) is 12.2 Å². The number of para-hydroxylation sites is 1. The summed E-state index contributed by atoms with van der Waals surface area (Å²) >= 11 is 5.91. The molecule has 0 saturated heterocycles. The van der Waals surface area contributed by atoms with Crippen LogP contribution in [0.25, 0.3) is 10.9 Å². The van der Waals surface area contributed by atoms with E-state index in [0.29, 0.717) is 17.3 Å². The van der Waals surface area contributed by atoms with Crippen LogP contribution in [0.5, 0.6) is 0 Å². The Bertz CT molecular complexity index is 769. The molecule has 1 heterocycles. The van der Waals surface area contributed by atoms with Crippen molar-refractivity contribution in [3.63, 3.8) is 0 Å². The third kappa shape index (κ3) is 2.49. The molecule has 21 heavy (non-hydrogen) atoms. The zero-order valence-corrected chi connectivity index (χ0v) is 12.7. The average Bonchev–Trinajstić information content (AvgIpc) is 2.73. The summed E-state index contributed by atoms with van der Waals surface area (Å²) in [7, 11) is 2.03. The fraction of sp³-hybridized carbons (Fsp3) is 0.176. The molecule has 0 atom stereocenters. The lowest BCUT2D eigenvalue weighted by Crippen LogP contribution is -2.07. The summed E-state index contributed by atoms with van der Waals surface area (Å²) in [6.07, 6.45) is 0. The van der Waals surface area contributed by atoms with Gasteiger partial charge in [0.1, 0.15) is 5.82 Å². The van der Waals surface area contributed by atoms with Crippen molar-refractivity contribution < 1.29 is 4.39 Å². The van der Waals surface area contributed by atoms with Gasteiger partial charge in [-0.3, -0.25) is 0 Å². The first-order valence-electron chi connectivity index (χ1n) is 6.79. The van der Waals surface area contributed by atoms with Gasteiger partial charge in [0.15, 0.2) is 0 Å². The predicted octanol–water partition coefficient (Wildman–Crippen LogP) is 4.89. The molecule has 2 aromatic carbocycles. The van der Waals surface area contributed by atoms with Crippen LogP contribution in [0.4, 0.5) is 10.1 Å². The molecular weight excluding hydrogens is 287 g/mol. The van der Waals surface area contributed by atoms with Crippen LogP contribution in [0.1, 0.15) is 11.3 Å². The molecule has 0 aliphatic carbocycles. The first-order valence-corrected chi connectivity index (χ1v) is 7.17. The smallest absolute Gasteiger partial charge is 0.146 e. The van der Waals surface area contributed by atoms with Gasteiger partial charge in [-0.2, -0.15) is 0 Å². The van der Waals surface area contributed by atoms with Crippen LogP contribution >= 0.6 is 11.6 Å². The van der Waals surface area contributed by atoms with Crippen molar-refractivity contribution >= 4 is 28.2 Å². The molecule has 4 heteroatoms. The molecule has 3 aromatic rings. The number of nitrogens with zero attached hydrogens (tertiary/aromatic N) is 1. The number of hydrogen-bond acceptors (Lipinski definition) is 1. The van der Waals surface area contributed by atoms with Gasteiger partial charge in [0.25, 0.3) is 0 Å². The highest BCUT2D eigenvalue weighted by Crippen LogP contribution is 2.26. The third-order valence-electron chi connectivity index (χ3n) is 3.88. The summed E-state index contributed by atoms with van der Waals surface area (Å²) in [6.45, 7) is 2.64. The number of aromatic nitrogens is 1. The van der Waals surface area contributed by atoms with E-state index in [1.165, 1.54) is 22.5 Å². The van der Waals surface area contributed by atoms with Crippen molar-refractivity contribution in [2.24, 2.45) is 7.05 Å². The highest BCUT2D eigenvalue weighted by atomic mass is 35.5. The zero-order valence-electron chi connectivity index (χ0n) is 12.0. The number of benzene rings is 2. The van der Waals surface area contributed by atoms with E-state index in [-0.39, 0.29) is 5.82 Å². The molecule has 1 N–H and O–H groups in total. The molecule has 0 saturated carbocycles. The van der Waals surface area contributed by atoms with E-state index in [2.05, 4.69) is 28.9 Å². The lowest BCUT2D eigenvalue weighted by molar-refractivity contribution is 0.629. The molecule has 0 amide bonds. The molecule has 3 rings (SSSR count). The molecule has 0 fully saturated rings. The third-order valence-corrected chi connectivity index (χ3v) is 4.12. The Morgan fingerprint density at radius 1 is 1.19 bits per heavy atom. The van der Waals surface area contributed by atoms with Gasteiger partial charge in [-0.05, 0) is 36.8 Å². The summed E-state index contributed by atoms with van der Waals surface area (Å²) in [5, 5.41) is 4.88. The number of hydrogen-bond donors (Lipinski definition) is 1. The second-order valence-electron chi connectivity index (χ2n) is 5.13. The maximum Gasteiger partial charge on any atom is 0.146 e. The number of aryl methyl sites for hydroxylation is 2. The lowest BCUT2D eigenvalue weighted by atomic mass is 10.1. The number of fused-ring (bicyclic) bond motifs is 1. The van der Waals surface area contributed by atoms with E-state index in [0.717, 1.165) is 5.69 Å². The van der Waals surface area contributed by atoms with Gasteiger partial charge < -0.3 is 9.88 Å². The van der Waals surface area contributed by atoms with Crippen molar-refractivity contribution in [2.45, 2.75) is 13.5 Å². The molecular formula is C17H16ClFN2. The van der Waals surface area contributed by atoms with E-state index in [1.54, 1.807) is 12.1 Å². The average molecular weight is 303 g/mol. The lowest BCUT2D eigenvalue weighted by Gasteiger charge is -2.10. The van der Waals surface area contributed by atoms with Gasteiger partial charge >= 0.3 is 0 Å². The standard InChI is InChI=1S/C17H16ClFN2/c1-11-13-5-3-4-6-16(13)21(2)17(11)10-20-15-9-12(18)7-8-14(15)19/h3-9,20H,10H2,1-2H3. The fourth-order valence-electron chi connectivity index (χ4n) is 2.70. The Labute approximate surface area is 128 Å². The summed E-state index contributed by atoms with van der Waals surface area (Å²) in [5.41, 5.74) is 3.95. The normalized spacial score (nSPS) is 11.0. The van der Waals surface area contributed by atoms with Gasteiger partial charge in [-0.25, -0.2) is 4.39 Å². The van der Waals surface area contributed by atoms with Crippen LogP contribution in [0.2, 0.25) is 5.02 Å².